The van der Waals surface area contributed by atoms with Gasteiger partial charge in [-0.05, 0) is 62.1 Å². The molecule has 0 saturated carbocycles. The van der Waals surface area contributed by atoms with E-state index in [1.807, 2.05) is 36.4 Å². The maximum Gasteiger partial charge on any atom is 0.175 e. The van der Waals surface area contributed by atoms with Gasteiger partial charge in [-0.1, -0.05) is 71.7 Å². The fourth-order valence-electron chi connectivity index (χ4n) is 3.47. The minimum Gasteiger partial charge on any atom is -0.493 e. The summed E-state index contributed by atoms with van der Waals surface area (Å²) >= 11 is 16.0. The third kappa shape index (κ3) is 5.61. The van der Waals surface area contributed by atoms with Gasteiger partial charge in [0.05, 0.1) is 24.3 Å². The van der Waals surface area contributed by atoms with Crippen LogP contribution in [0.15, 0.2) is 82.4 Å². The number of hydrazone groups is 1. The maximum absolute atomic E-state index is 6.20. The predicted molar refractivity (Wildman–Crippen MR) is 140 cm³/mol. The van der Waals surface area contributed by atoms with Crippen LogP contribution in [0, 0.1) is 0 Å². The predicted octanol–water partition coefficient (Wildman–Crippen LogP) is 7.62. The van der Waals surface area contributed by atoms with Crippen molar-refractivity contribution < 1.29 is 9.47 Å². The molecule has 4 aromatic rings. The number of nitrogens with zero attached hydrogens (tertiary/aromatic N) is 1. The minimum absolute atomic E-state index is 0.416. The molecule has 7 heteroatoms. The SMILES string of the molecule is COc1cc(/C=N\NCc2c(Cl)cccc2Cl)cc(Br)c1OCc1cccc2ccccc12. The first kappa shape index (κ1) is 23.4. The van der Waals surface area contributed by atoms with Gasteiger partial charge >= 0.3 is 0 Å². The second kappa shape index (κ2) is 10.9. The van der Waals surface area contributed by atoms with Gasteiger partial charge in [0, 0.05) is 15.6 Å². The molecular formula is C26H21BrCl2N2O2. The van der Waals surface area contributed by atoms with Crippen molar-refractivity contribution in [2.45, 2.75) is 13.2 Å². The molecule has 0 heterocycles. The second-order valence-electron chi connectivity index (χ2n) is 7.25. The van der Waals surface area contributed by atoms with Crippen LogP contribution in [-0.2, 0) is 13.2 Å². The summed E-state index contributed by atoms with van der Waals surface area (Å²) in [5, 5.41) is 7.83. The third-order valence-corrected chi connectivity index (χ3v) is 6.42. The molecule has 0 fully saturated rings. The van der Waals surface area contributed by atoms with Crippen molar-refractivity contribution in [1.82, 2.24) is 5.43 Å². The molecule has 33 heavy (non-hydrogen) atoms. The molecule has 1 N–H and O–H groups in total. The van der Waals surface area contributed by atoms with Crippen molar-refractivity contribution in [3.63, 3.8) is 0 Å². The highest BCUT2D eigenvalue weighted by atomic mass is 79.9. The maximum atomic E-state index is 6.20. The molecule has 0 bridgehead atoms. The van der Waals surface area contributed by atoms with Crippen molar-refractivity contribution in [1.29, 1.82) is 0 Å². The first-order chi connectivity index (χ1) is 16.1. The van der Waals surface area contributed by atoms with Crippen LogP contribution in [0.4, 0.5) is 0 Å². The Morgan fingerprint density at radius 3 is 2.48 bits per heavy atom. The zero-order chi connectivity index (χ0) is 23.2. The third-order valence-electron chi connectivity index (χ3n) is 5.13. The van der Waals surface area contributed by atoms with E-state index < -0.39 is 0 Å². The van der Waals surface area contributed by atoms with Crippen LogP contribution in [-0.4, -0.2) is 13.3 Å². The molecule has 168 valence electrons. The lowest BCUT2D eigenvalue weighted by molar-refractivity contribution is 0.283. The van der Waals surface area contributed by atoms with E-state index in [-0.39, 0.29) is 0 Å². The summed E-state index contributed by atoms with van der Waals surface area (Å²) in [5.74, 6) is 1.25. The Labute approximate surface area is 211 Å². The monoisotopic (exact) mass is 542 g/mol. The van der Waals surface area contributed by atoms with Gasteiger partial charge in [0.2, 0.25) is 0 Å². The Hall–Kier alpha value is -2.73. The van der Waals surface area contributed by atoms with Gasteiger partial charge in [0.15, 0.2) is 11.5 Å². The molecule has 4 aromatic carbocycles. The smallest absolute Gasteiger partial charge is 0.175 e. The lowest BCUT2D eigenvalue weighted by atomic mass is 10.1. The fraction of sp³-hybridized carbons (Fsp3) is 0.115. The average Bonchev–Trinajstić information content (AvgIpc) is 2.82. The number of benzene rings is 4. The summed E-state index contributed by atoms with van der Waals surface area (Å²) in [7, 11) is 1.62. The van der Waals surface area contributed by atoms with Crippen molar-refractivity contribution in [2.24, 2.45) is 5.10 Å². The molecule has 0 aliphatic rings. The van der Waals surface area contributed by atoms with Gasteiger partial charge in [0.1, 0.15) is 6.61 Å². The van der Waals surface area contributed by atoms with Crippen LogP contribution in [0.5, 0.6) is 11.5 Å². The van der Waals surface area contributed by atoms with Gasteiger partial charge in [-0.25, -0.2) is 0 Å². The quantitative estimate of drug-likeness (QED) is 0.183. The topological polar surface area (TPSA) is 42.8 Å². The Bertz CT molecular complexity index is 1290. The number of ether oxygens (including phenoxy) is 2. The molecule has 0 saturated heterocycles. The number of hydrogen-bond donors (Lipinski definition) is 1. The van der Waals surface area contributed by atoms with Gasteiger partial charge in [-0.15, -0.1) is 0 Å². The average molecular weight is 544 g/mol. The highest BCUT2D eigenvalue weighted by Gasteiger charge is 2.12. The fourth-order valence-corrected chi connectivity index (χ4v) is 4.57. The summed E-state index contributed by atoms with van der Waals surface area (Å²) in [6.07, 6.45) is 1.70. The Morgan fingerprint density at radius 1 is 0.970 bits per heavy atom. The molecule has 0 amide bonds. The number of fused-ring (bicyclic) bond motifs is 1. The molecule has 0 spiro atoms. The molecule has 4 nitrogen and oxygen atoms in total. The first-order valence-corrected chi connectivity index (χ1v) is 11.8. The zero-order valence-electron chi connectivity index (χ0n) is 17.8. The molecular weight excluding hydrogens is 523 g/mol. The standard InChI is InChI=1S/C26H21BrCl2N2O2/c1-32-25-13-17(14-30-31-15-21-23(28)10-5-11-24(21)29)12-22(27)26(25)33-16-19-8-4-7-18-6-2-3-9-20(18)19/h2-14,31H,15-16H2,1H3/b30-14-. The normalized spacial score (nSPS) is 11.2. The van der Waals surface area contributed by atoms with Gasteiger partial charge < -0.3 is 14.9 Å². The van der Waals surface area contributed by atoms with Gasteiger partial charge in [-0.2, -0.15) is 5.10 Å². The molecule has 0 unspecified atom stereocenters. The van der Waals surface area contributed by atoms with Crippen LogP contribution in [0.25, 0.3) is 10.8 Å². The number of halogens is 3. The van der Waals surface area contributed by atoms with Crippen molar-refractivity contribution in [3.05, 3.63) is 104 Å². The summed E-state index contributed by atoms with van der Waals surface area (Å²) in [6.45, 7) is 0.837. The lowest BCUT2D eigenvalue weighted by Crippen LogP contribution is -2.07. The van der Waals surface area contributed by atoms with E-state index in [0.717, 1.165) is 21.2 Å². The number of rotatable bonds is 8. The zero-order valence-corrected chi connectivity index (χ0v) is 20.9. The molecule has 0 aromatic heterocycles. The molecule has 0 aliphatic carbocycles. The lowest BCUT2D eigenvalue weighted by Gasteiger charge is -2.14. The van der Waals surface area contributed by atoms with E-state index in [1.54, 1.807) is 25.5 Å². The first-order valence-electron chi connectivity index (χ1n) is 10.2. The molecule has 0 aliphatic heterocycles. The number of hydrogen-bond acceptors (Lipinski definition) is 4. The minimum atomic E-state index is 0.416. The van der Waals surface area contributed by atoms with E-state index in [1.165, 1.54) is 10.8 Å². The molecule has 4 rings (SSSR count). The van der Waals surface area contributed by atoms with Crippen molar-refractivity contribution in [2.75, 3.05) is 7.11 Å². The summed E-state index contributed by atoms with van der Waals surface area (Å²) in [5.41, 5.74) is 5.73. The highest BCUT2D eigenvalue weighted by Crippen LogP contribution is 2.37. The summed E-state index contributed by atoms with van der Waals surface area (Å²) in [6, 6.07) is 23.7. The van der Waals surface area contributed by atoms with Crippen LogP contribution >= 0.6 is 39.1 Å². The van der Waals surface area contributed by atoms with Crippen LogP contribution in [0.1, 0.15) is 16.7 Å². The highest BCUT2D eigenvalue weighted by molar-refractivity contribution is 9.10. The van der Waals surface area contributed by atoms with Crippen LogP contribution in [0.3, 0.4) is 0 Å². The van der Waals surface area contributed by atoms with E-state index in [0.29, 0.717) is 34.7 Å². The molecule has 0 radical (unpaired) electrons. The number of methoxy groups -OCH3 is 1. The van der Waals surface area contributed by atoms with Gasteiger partial charge in [0.25, 0.3) is 0 Å². The largest absolute Gasteiger partial charge is 0.493 e. The van der Waals surface area contributed by atoms with Gasteiger partial charge in [-0.3, -0.25) is 0 Å². The molecule has 0 atom stereocenters. The summed E-state index contributed by atoms with van der Waals surface area (Å²) in [4.78, 5) is 0. The van der Waals surface area contributed by atoms with Crippen molar-refractivity contribution in [3.8, 4) is 11.5 Å². The van der Waals surface area contributed by atoms with E-state index >= 15 is 0 Å². The van der Waals surface area contributed by atoms with Crippen LogP contribution in [0.2, 0.25) is 10.0 Å². The van der Waals surface area contributed by atoms with E-state index in [4.69, 9.17) is 32.7 Å². The van der Waals surface area contributed by atoms with Crippen LogP contribution < -0.4 is 14.9 Å². The Morgan fingerprint density at radius 2 is 1.70 bits per heavy atom. The van der Waals surface area contributed by atoms with E-state index in [2.05, 4.69) is 50.7 Å². The van der Waals surface area contributed by atoms with E-state index in [9.17, 15) is 0 Å². The Balaban J connectivity index is 1.47. The summed E-state index contributed by atoms with van der Waals surface area (Å²) < 4.78 is 12.5. The Kier molecular flexibility index (Phi) is 7.76. The number of nitrogens with one attached hydrogen (secondary N) is 1. The van der Waals surface area contributed by atoms with Crippen molar-refractivity contribution >= 4 is 56.1 Å². The second-order valence-corrected chi connectivity index (χ2v) is 8.92.